The number of rotatable bonds is 8. The molecule has 9 nitrogen and oxygen atoms in total. The summed E-state index contributed by atoms with van der Waals surface area (Å²) in [5.74, 6) is -0.0907. The van der Waals surface area contributed by atoms with Crippen LogP contribution in [0.25, 0.3) is 6.08 Å². The minimum atomic E-state index is -0.654. The summed E-state index contributed by atoms with van der Waals surface area (Å²) in [5.41, 5.74) is 1.05. The van der Waals surface area contributed by atoms with Crippen LogP contribution in [-0.4, -0.2) is 51.4 Å². The maximum absolute atomic E-state index is 12.2. The number of methoxy groups -OCH3 is 2. The zero-order chi connectivity index (χ0) is 21.4. The Morgan fingerprint density at radius 1 is 1.17 bits per heavy atom. The average molecular weight is 404 g/mol. The fraction of sp³-hybridized carbons (Fsp3) is 0.350. The number of hydrogen-bond donors (Lipinski definition) is 2. The highest BCUT2D eigenvalue weighted by Crippen LogP contribution is 2.25. The van der Waals surface area contributed by atoms with Crippen LogP contribution in [0.1, 0.15) is 19.4 Å². The lowest BCUT2D eigenvalue weighted by atomic mass is 10.0. The van der Waals surface area contributed by atoms with Crippen molar-refractivity contribution in [1.82, 2.24) is 10.6 Å². The highest BCUT2D eigenvalue weighted by Gasteiger charge is 2.30. The van der Waals surface area contributed by atoms with Gasteiger partial charge >= 0.3 is 18.0 Å². The summed E-state index contributed by atoms with van der Waals surface area (Å²) in [4.78, 5) is 36.0. The van der Waals surface area contributed by atoms with Crippen molar-refractivity contribution in [2.45, 2.75) is 19.9 Å². The largest absolute Gasteiger partial charge is 0.497 e. The molecule has 1 aliphatic rings. The summed E-state index contributed by atoms with van der Waals surface area (Å²) in [6, 6.07) is 4.09. The first kappa shape index (κ1) is 21.8. The van der Waals surface area contributed by atoms with Crippen molar-refractivity contribution in [2.75, 3.05) is 27.4 Å². The molecule has 1 aromatic carbocycles. The van der Waals surface area contributed by atoms with Gasteiger partial charge in [-0.15, -0.1) is 0 Å². The van der Waals surface area contributed by atoms with Gasteiger partial charge in [0.05, 0.1) is 38.1 Å². The van der Waals surface area contributed by atoms with Gasteiger partial charge in [-0.05, 0) is 32.1 Å². The maximum atomic E-state index is 12.2. The van der Waals surface area contributed by atoms with Gasteiger partial charge in [-0.25, -0.2) is 14.4 Å². The fourth-order valence-electron chi connectivity index (χ4n) is 2.70. The van der Waals surface area contributed by atoms with Crippen LogP contribution < -0.4 is 20.1 Å². The van der Waals surface area contributed by atoms with Crippen LogP contribution in [0.2, 0.25) is 0 Å². The van der Waals surface area contributed by atoms with Crippen molar-refractivity contribution in [3.63, 3.8) is 0 Å². The van der Waals surface area contributed by atoms with Gasteiger partial charge in [0.2, 0.25) is 0 Å². The molecule has 2 amide bonds. The van der Waals surface area contributed by atoms with Gasteiger partial charge in [0, 0.05) is 17.7 Å². The standard InChI is InChI=1S/C20H24N2O7/c1-5-28-19(24)18-12(2)21-20(25)22-15(18)11-29-17(23)9-7-13-6-8-14(26-3)10-16(13)27-4/h6-10,12H,5,11H2,1-4H3,(H2,21,22,25)/b9-7+/t12-/m0/s1. The molecule has 0 spiro atoms. The van der Waals surface area contributed by atoms with Gasteiger partial charge in [-0.1, -0.05) is 0 Å². The molecule has 1 aliphatic heterocycles. The molecule has 0 bridgehead atoms. The first-order chi connectivity index (χ1) is 13.9. The summed E-state index contributed by atoms with van der Waals surface area (Å²) in [6.07, 6.45) is 2.76. The molecule has 1 atom stereocenters. The van der Waals surface area contributed by atoms with Crippen LogP contribution in [0.15, 0.2) is 35.5 Å². The molecular weight excluding hydrogens is 380 g/mol. The van der Waals surface area contributed by atoms with E-state index in [0.29, 0.717) is 17.1 Å². The summed E-state index contributed by atoms with van der Waals surface area (Å²) in [5, 5.41) is 5.06. The third-order valence-corrected chi connectivity index (χ3v) is 4.06. The van der Waals surface area contributed by atoms with Gasteiger partial charge in [0.15, 0.2) is 0 Å². The van der Waals surface area contributed by atoms with Crippen molar-refractivity contribution in [1.29, 1.82) is 0 Å². The van der Waals surface area contributed by atoms with E-state index in [2.05, 4.69) is 10.6 Å². The SMILES string of the molecule is CCOC(=O)C1=C(COC(=O)/C=C/c2ccc(OC)cc2OC)NC(=O)N[C@H]1C. The number of amides is 2. The maximum Gasteiger partial charge on any atom is 0.338 e. The molecule has 2 N–H and O–H groups in total. The number of urea groups is 1. The minimum Gasteiger partial charge on any atom is -0.497 e. The number of nitrogens with one attached hydrogen (secondary N) is 2. The first-order valence-corrected chi connectivity index (χ1v) is 8.94. The van der Waals surface area contributed by atoms with Gasteiger partial charge < -0.3 is 29.6 Å². The van der Waals surface area contributed by atoms with Crippen LogP contribution in [0, 0.1) is 0 Å². The Hall–Kier alpha value is -3.49. The summed E-state index contributed by atoms with van der Waals surface area (Å²) in [6.45, 7) is 3.22. The van der Waals surface area contributed by atoms with Crippen LogP contribution in [0.3, 0.4) is 0 Å². The summed E-state index contributed by atoms with van der Waals surface area (Å²) in [7, 11) is 3.05. The van der Waals surface area contributed by atoms with Crippen molar-refractivity contribution < 1.29 is 33.3 Å². The lowest BCUT2D eigenvalue weighted by Gasteiger charge is -2.26. The molecule has 2 rings (SSSR count). The van der Waals surface area contributed by atoms with Crippen LogP contribution >= 0.6 is 0 Å². The lowest BCUT2D eigenvalue weighted by molar-refractivity contribution is -0.140. The highest BCUT2D eigenvalue weighted by atomic mass is 16.5. The van der Waals surface area contributed by atoms with E-state index in [1.54, 1.807) is 39.2 Å². The Morgan fingerprint density at radius 3 is 2.59 bits per heavy atom. The van der Waals surface area contributed by atoms with E-state index in [1.807, 2.05) is 0 Å². The predicted molar refractivity (Wildman–Crippen MR) is 104 cm³/mol. The van der Waals surface area contributed by atoms with E-state index in [0.717, 1.165) is 0 Å². The average Bonchev–Trinajstić information content (AvgIpc) is 2.70. The van der Waals surface area contributed by atoms with Gasteiger partial charge in [-0.3, -0.25) is 0 Å². The van der Waals surface area contributed by atoms with Gasteiger partial charge in [0.25, 0.3) is 0 Å². The van der Waals surface area contributed by atoms with Crippen LogP contribution in [-0.2, 0) is 19.1 Å². The molecule has 9 heteroatoms. The molecule has 0 fully saturated rings. The van der Waals surface area contributed by atoms with Crippen molar-refractivity contribution in [2.24, 2.45) is 0 Å². The van der Waals surface area contributed by atoms with E-state index in [4.69, 9.17) is 18.9 Å². The summed E-state index contributed by atoms with van der Waals surface area (Å²) >= 11 is 0. The second kappa shape index (κ2) is 10.2. The monoisotopic (exact) mass is 404 g/mol. The minimum absolute atomic E-state index is 0.183. The molecule has 0 saturated heterocycles. The third-order valence-electron chi connectivity index (χ3n) is 4.06. The number of esters is 2. The van der Waals surface area contributed by atoms with E-state index in [-0.39, 0.29) is 24.5 Å². The van der Waals surface area contributed by atoms with E-state index in [9.17, 15) is 14.4 Å². The van der Waals surface area contributed by atoms with Crippen molar-refractivity contribution in [3.05, 3.63) is 41.1 Å². The molecule has 0 unspecified atom stereocenters. The molecule has 0 saturated carbocycles. The van der Waals surface area contributed by atoms with E-state index in [1.165, 1.54) is 19.3 Å². The third kappa shape index (κ3) is 5.74. The van der Waals surface area contributed by atoms with Crippen LogP contribution in [0.4, 0.5) is 4.79 Å². The Balaban J connectivity index is 2.10. The number of carbonyl (C=O) groups excluding carboxylic acids is 3. The second-order valence-electron chi connectivity index (χ2n) is 5.98. The summed E-state index contributed by atoms with van der Waals surface area (Å²) < 4.78 is 20.6. The lowest BCUT2D eigenvalue weighted by Crippen LogP contribution is -2.50. The van der Waals surface area contributed by atoms with Gasteiger partial charge in [-0.2, -0.15) is 0 Å². The predicted octanol–water partition coefficient (Wildman–Crippen LogP) is 1.78. The van der Waals surface area contributed by atoms with Crippen molar-refractivity contribution >= 4 is 24.0 Å². The number of carbonyl (C=O) groups is 3. The molecule has 0 aromatic heterocycles. The smallest absolute Gasteiger partial charge is 0.338 e. The normalized spacial score (nSPS) is 16.1. The topological polar surface area (TPSA) is 112 Å². The second-order valence-corrected chi connectivity index (χ2v) is 5.98. The molecule has 0 aliphatic carbocycles. The van der Waals surface area contributed by atoms with Gasteiger partial charge in [0.1, 0.15) is 18.1 Å². The number of hydrogen-bond acceptors (Lipinski definition) is 7. The van der Waals surface area contributed by atoms with Crippen molar-refractivity contribution in [3.8, 4) is 11.5 Å². The Labute approximate surface area is 168 Å². The molecule has 0 radical (unpaired) electrons. The molecular formula is C20H24N2O7. The zero-order valence-electron chi connectivity index (χ0n) is 16.7. The Bertz CT molecular complexity index is 845. The molecule has 1 heterocycles. The quantitative estimate of drug-likeness (QED) is 0.502. The molecule has 156 valence electrons. The number of ether oxygens (including phenoxy) is 4. The number of benzene rings is 1. The van der Waals surface area contributed by atoms with Crippen LogP contribution in [0.5, 0.6) is 11.5 Å². The fourth-order valence-corrected chi connectivity index (χ4v) is 2.70. The Kier molecular flexibility index (Phi) is 7.64. The zero-order valence-corrected chi connectivity index (χ0v) is 16.7. The Morgan fingerprint density at radius 2 is 1.93 bits per heavy atom. The molecule has 29 heavy (non-hydrogen) atoms. The highest BCUT2D eigenvalue weighted by molar-refractivity contribution is 5.95. The molecule has 1 aromatic rings. The van der Waals surface area contributed by atoms with E-state index >= 15 is 0 Å². The van der Waals surface area contributed by atoms with E-state index < -0.39 is 24.0 Å². The first-order valence-electron chi connectivity index (χ1n) is 8.94.